The van der Waals surface area contributed by atoms with Gasteiger partial charge >= 0.3 is 169 Å². The normalized spacial score (nSPS) is 10.7. The molecule has 0 unspecified atom stereocenters. The maximum Gasteiger partial charge on any atom is 4.00 e. The third-order valence-corrected chi connectivity index (χ3v) is 16.1. The molecule has 182 valence electrons. The van der Waals surface area contributed by atoms with E-state index in [1.807, 2.05) is 54.6 Å². The summed E-state index contributed by atoms with van der Waals surface area (Å²) in [5, 5.41) is 42.0. The largest absolute Gasteiger partial charge is 4.00 e. The van der Waals surface area contributed by atoms with E-state index >= 15 is 0 Å². The minimum absolute atomic E-state index is 0. The number of nitrogens with zero attached hydrogens (tertiary/aromatic N) is 1. The van der Waals surface area contributed by atoms with E-state index in [-0.39, 0.29) is 50.1 Å². The summed E-state index contributed by atoms with van der Waals surface area (Å²) in [7, 11) is 0. The number of carboxylic acid groups (broad SMARTS) is 1. The minimum atomic E-state index is -3.07. The molecule has 0 heterocycles. The van der Waals surface area contributed by atoms with E-state index in [2.05, 4.69) is 36.4 Å². The van der Waals surface area contributed by atoms with Crippen molar-refractivity contribution in [1.29, 1.82) is 0 Å². The maximum atomic E-state index is 11.3. The first-order valence-electron chi connectivity index (χ1n) is 11.4. The van der Waals surface area contributed by atoms with Crippen LogP contribution in [0.15, 0.2) is 91.0 Å². The van der Waals surface area contributed by atoms with Crippen LogP contribution < -0.4 is 33.6 Å². The van der Waals surface area contributed by atoms with Crippen LogP contribution in [0, 0.1) is 0 Å². The van der Waals surface area contributed by atoms with Gasteiger partial charge in [0, 0.05) is 0 Å². The summed E-state index contributed by atoms with van der Waals surface area (Å²) in [4.78, 5) is 12.9. The molecule has 0 N–H and O–H groups in total. The number of hydrogen-bond donors (Lipinski definition) is 0. The van der Waals surface area contributed by atoms with Crippen LogP contribution in [-0.4, -0.2) is 87.5 Å². The van der Waals surface area contributed by atoms with E-state index < -0.39 is 19.2 Å². The van der Waals surface area contributed by atoms with E-state index in [4.69, 9.17) is 0 Å². The fourth-order valence-electron chi connectivity index (χ4n) is 4.11. The Balaban J connectivity index is 0.000000477. The second kappa shape index (κ2) is 17.7. The van der Waals surface area contributed by atoms with E-state index in [9.17, 15) is 25.2 Å². The molecular weight excluding hydrogens is 610 g/mol. The van der Waals surface area contributed by atoms with Crippen molar-refractivity contribution in [1.82, 2.24) is 4.90 Å². The quantitative estimate of drug-likeness (QED) is 0.199. The molecule has 0 radical (unpaired) electrons. The van der Waals surface area contributed by atoms with Gasteiger partial charge in [-0.1, -0.05) is 0 Å². The van der Waals surface area contributed by atoms with Gasteiger partial charge in [0.1, 0.15) is 0 Å². The fraction of sp³-hybridized carbons (Fsp3) is 0.296. The van der Waals surface area contributed by atoms with Gasteiger partial charge in [-0.2, -0.15) is 0 Å². The summed E-state index contributed by atoms with van der Waals surface area (Å²) >= 11 is -3.07. The Morgan fingerprint density at radius 2 is 0.943 bits per heavy atom. The van der Waals surface area contributed by atoms with Gasteiger partial charge in [0.15, 0.2) is 0 Å². The van der Waals surface area contributed by atoms with E-state index in [0.29, 0.717) is 24.9 Å². The van der Waals surface area contributed by atoms with Crippen LogP contribution in [0.4, 0.5) is 0 Å². The van der Waals surface area contributed by atoms with Crippen molar-refractivity contribution >= 4 is 56.3 Å². The number of carboxylic acids is 1. The van der Waals surface area contributed by atoms with Crippen molar-refractivity contribution < 1.29 is 25.2 Å². The molecule has 8 heteroatoms. The van der Waals surface area contributed by atoms with Crippen LogP contribution >= 0.6 is 0 Å². The van der Waals surface area contributed by atoms with Crippen molar-refractivity contribution in [3.05, 3.63) is 91.0 Å². The predicted molar refractivity (Wildman–Crippen MR) is 135 cm³/mol. The van der Waals surface area contributed by atoms with Gasteiger partial charge in [0.05, 0.1) is 0 Å². The first-order chi connectivity index (χ1) is 16.6. The Bertz CT molecular complexity index is 837. The molecule has 0 bridgehead atoms. The molecule has 3 aromatic rings. The molecule has 0 spiro atoms. The van der Waals surface area contributed by atoms with Crippen LogP contribution in [0.3, 0.4) is 0 Å². The molecule has 0 fully saturated rings. The zero-order chi connectivity index (χ0) is 24.7. The summed E-state index contributed by atoms with van der Waals surface area (Å²) in [5.74, 6) is -0.979. The Labute approximate surface area is 227 Å². The van der Waals surface area contributed by atoms with Crippen molar-refractivity contribution in [2.45, 2.75) is 11.7 Å². The van der Waals surface area contributed by atoms with E-state index in [1.165, 1.54) is 13.2 Å². The first kappa shape index (κ1) is 31.3. The van der Waals surface area contributed by atoms with Crippen molar-refractivity contribution in [3.63, 3.8) is 0 Å². The topological polar surface area (TPSA) is 113 Å². The van der Waals surface area contributed by atoms with Crippen molar-refractivity contribution in [2.24, 2.45) is 0 Å². The molecule has 3 aromatic carbocycles. The molecule has 0 amide bonds. The molecule has 0 aliphatic heterocycles. The van der Waals surface area contributed by atoms with Crippen LogP contribution in [0.2, 0.25) is 5.25 Å². The molecule has 35 heavy (non-hydrogen) atoms. The SMILES string of the molecule is O=C([O-])C[CH2][Ge]([c]1ccccc1)([c]1ccccc1)[c]1ccccc1.[O-]CCN(CC[O-])CC[O-].[Sn+4]. The fourth-order valence-corrected chi connectivity index (χ4v) is 14.0. The Morgan fingerprint density at radius 3 is 1.20 bits per heavy atom. The second-order valence-corrected chi connectivity index (χ2v) is 16.3. The van der Waals surface area contributed by atoms with Gasteiger partial charge in [-0.05, 0) is 19.6 Å². The summed E-state index contributed by atoms with van der Waals surface area (Å²) < 4.78 is 3.82. The number of rotatable bonds is 12. The number of carbonyl (C=O) groups excluding carboxylic acids is 1. The molecule has 6 nitrogen and oxygen atoms in total. The van der Waals surface area contributed by atoms with Gasteiger partial charge in [-0.25, -0.2) is 0 Å². The van der Waals surface area contributed by atoms with E-state index in [1.54, 1.807) is 4.90 Å². The van der Waals surface area contributed by atoms with Crippen LogP contribution in [0.1, 0.15) is 6.42 Å². The Morgan fingerprint density at radius 1 is 0.629 bits per heavy atom. The summed E-state index contributed by atoms with van der Waals surface area (Å²) in [6.45, 7) is 0.263. The van der Waals surface area contributed by atoms with Crippen molar-refractivity contribution in [3.8, 4) is 0 Å². The van der Waals surface area contributed by atoms with Gasteiger partial charge in [0.25, 0.3) is 0 Å². The van der Waals surface area contributed by atoms with Crippen LogP contribution in [0.25, 0.3) is 0 Å². The molecule has 0 aliphatic rings. The smallest absolute Gasteiger partial charge is 0.854 e. The van der Waals surface area contributed by atoms with Gasteiger partial charge in [-0.3, -0.25) is 0 Å². The zero-order valence-electron chi connectivity index (χ0n) is 19.8. The van der Waals surface area contributed by atoms with Crippen LogP contribution in [0.5, 0.6) is 0 Å². The van der Waals surface area contributed by atoms with Gasteiger partial charge in [0.2, 0.25) is 0 Å². The number of hydrogen-bond acceptors (Lipinski definition) is 6. The second-order valence-electron chi connectivity index (χ2n) is 7.83. The average molecular weight is 641 g/mol. The third kappa shape index (κ3) is 9.70. The maximum absolute atomic E-state index is 11.3. The zero-order valence-corrected chi connectivity index (χ0v) is 24.8. The average Bonchev–Trinajstić information content (AvgIpc) is 2.87. The number of carbonyl (C=O) groups is 1. The Hall–Kier alpha value is -1.69. The Kier molecular flexibility index (Phi) is 15.8. The third-order valence-electron chi connectivity index (χ3n) is 5.73. The molecule has 0 aliphatic carbocycles. The first-order valence-corrected chi connectivity index (χ1v) is 16.0. The van der Waals surface area contributed by atoms with Gasteiger partial charge < -0.3 is 20.2 Å². The molecule has 3 rings (SSSR count). The molecule has 0 saturated carbocycles. The summed E-state index contributed by atoms with van der Waals surface area (Å²) in [6.07, 6.45) is 0.0820. The van der Waals surface area contributed by atoms with Gasteiger partial charge in [-0.15, -0.1) is 19.8 Å². The summed E-state index contributed by atoms with van der Waals surface area (Å²) in [6, 6.07) is 31.2. The molecule has 0 atom stereocenters. The van der Waals surface area contributed by atoms with E-state index in [0.717, 1.165) is 0 Å². The minimum Gasteiger partial charge on any atom is -0.854 e. The van der Waals surface area contributed by atoms with Crippen LogP contribution in [-0.2, 0) is 4.79 Å². The number of benzene rings is 3. The standard InChI is InChI=1S/C21H20GeO2.C6H12NO3.Sn/c23-21(24)16-17-22(18-10-4-1-5-11-18,19-12-6-2-7-13-19)20-14-8-3-9-15-20;8-4-1-7(2-5-9)3-6-10;/h1-15H,16-17H2,(H,23,24);1-6H2;/q;-3;+4/p-1. The number of aliphatic carboxylic acids is 1. The summed E-state index contributed by atoms with van der Waals surface area (Å²) in [5.41, 5.74) is 0. The van der Waals surface area contributed by atoms with Crippen molar-refractivity contribution in [2.75, 3.05) is 39.5 Å². The monoisotopic (exact) mass is 643 g/mol. The molecular formula is C27H31GeNO5Sn. The molecule has 0 saturated heterocycles. The molecule has 0 aromatic heterocycles. The predicted octanol–water partition coefficient (Wildman–Crippen LogP) is -2.71.